The van der Waals surface area contributed by atoms with Crippen LogP contribution in [-0.2, 0) is 6.42 Å². The number of hydrogen-bond acceptors (Lipinski definition) is 1. The Labute approximate surface area is 99.2 Å². The first-order chi connectivity index (χ1) is 8.11. The van der Waals surface area contributed by atoms with Gasteiger partial charge >= 0.3 is 0 Å². The summed E-state index contributed by atoms with van der Waals surface area (Å²) in [5, 5.41) is 0.510. The number of nitrogens with one attached hydrogen (secondary N) is 1. The Morgan fingerprint density at radius 1 is 1.29 bits per heavy atom. The molecule has 4 heteroatoms. The second kappa shape index (κ2) is 4.84. The van der Waals surface area contributed by atoms with Crippen molar-refractivity contribution in [2.45, 2.75) is 13.3 Å². The van der Waals surface area contributed by atoms with Crippen LogP contribution in [0.5, 0.6) is 0 Å². The molecule has 0 atom stereocenters. The van der Waals surface area contributed by atoms with Gasteiger partial charge in [0, 0.05) is 24.2 Å². The van der Waals surface area contributed by atoms with Crippen LogP contribution in [0, 0.1) is 11.6 Å². The van der Waals surface area contributed by atoms with Crippen molar-refractivity contribution in [2.75, 3.05) is 20.1 Å². The van der Waals surface area contributed by atoms with Crippen molar-refractivity contribution in [3.05, 3.63) is 35.5 Å². The fourth-order valence-electron chi connectivity index (χ4n) is 1.92. The quantitative estimate of drug-likeness (QED) is 0.867. The van der Waals surface area contributed by atoms with Gasteiger partial charge in [0.05, 0.1) is 5.52 Å². The van der Waals surface area contributed by atoms with Gasteiger partial charge in [-0.1, -0.05) is 6.92 Å². The number of benzene rings is 1. The van der Waals surface area contributed by atoms with Crippen LogP contribution in [0.1, 0.15) is 12.5 Å². The van der Waals surface area contributed by atoms with E-state index in [4.69, 9.17) is 0 Å². The minimum absolute atomic E-state index is 0.490. The highest BCUT2D eigenvalue weighted by Crippen LogP contribution is 2.23. The number of halogens is 2. The maximum absolute atomic E-state index is 13.7. The minimum atomic E-state index is -0.547. The van der Waals surface area contributed by atoms with Crippen molar-refractivity contribution >= 4 is 10.9 Å². The summed E-state index contributed by atoms with van der Waals surface area (Å²) in [6.45, 7) is 3.89. The lowest BCUT2D eigenvalue weighted by Gasteiger charge is -2.12. The van der Waals surface area contributed by atoms with Gasteiger partial charge < -0.3 is 9.88 Å². The number of hydrogen-bond donors (Lipinski definition) is 1. The molecule has 0 aliphatic rings. The molecule has 2 rings (SSSR count). The van der Waals surface area contributed by atoms with Crippen LogP contribution in [0.4, 0.5) is 8.78 Å². The number of aromatic amines is 1. The number of likely N-dealkylation sites (N-methyl/N-ethyl adjacent to an activating group) is 1. The molecule has 92 valence electrons. The summed E-state index contributed by atoms with van der Waals surface area (Å²) in [7, 11) is 2.02. The molecule has 0 aliphatic carbocycles. The van der Waals surface area contributed by atoms with Crippen molar-refractivity contribution in [3.8, 4) is 0 Å². The first-order valence-corrected chi connectivity index (χ1v) is 5.75. The number of aromatic nitrogens is 1. The normalized spacial score (nSPS) is 11.6. The van der Waals surface area contributed by atoms with Gasteiger partial charge in [-0.3, -0.25) is 0 Å². The number of rotatable bonds is 4. The maximum Gasteiger partial charge on any atom is 0.135 e. The van der Waals surface area contributed by atoms with Crippen molar-refractivity contribution in [1.82, 2.24) is 9.88 Å². The summed E-state index contributed by atoms with van der Waals surface area (Å²) in [6.07, 6.45) is 2.52. The Bertz CT molecular complexity index is 519. The average Bonchev–Trinajstić information content (AvgIpc) is 2.69. The van der Waals surface area contributed by atoms with E-state index in [1.807, 2.05) is 7.05 Å². The molecule has 0 unspecified atom stereocenters. The van der Waals surface area contributed by atoms with Crippen LogP contribution in [0.2, 0.25) is 0 Å². The van der Waals surface area contributed by atoms with E-state index in [9.17, 15) is 8.78 Å². The third-order valence-electron chi connectivity index (χ3n) is 3.08. The van der Waals surface area contributed by atoms with E-state index in [0.717, 1.165) is 31.1 Å². The molecular weight excluding hydrogens is 222 g/mol. The predicted molar refractivity (Wildman–Crippen MR) is 65.1 cm³/mol. The smallest absolute Gasteiger partial charge is 0.135 e. The van der Waals surface area contributed by atoms with E-state index in [2.05, 4.69) is 16.8 Å². The van der Waals surface area contributed by atoms with E-state index in [0.29, 0.717) is 10.9 Å². The molecule has 0 radical (unpaired) electrons. The van der Waals surface area contributed by atoms with Crippen molar-refractivity contribution < 1.29 is 8.78 Å². The monoisotopic (exact) mass is 238 g/mol. The summed E-state index contributed by atoms with van der Waals surface area (Å²) in [5.41, 5.74) is 1.43. The molecule has 0 bridgehead atoms. The van der Waals surface area contributed by atoms with Crippen LogP contribution in [0.15, 0.2) is 18.3 Å². The summed E-state index contributed by atoms with van der Waals surface area (Å²) < 4.78 is 26.7. The molecule has 0 fully saturated rings. The molecule has 1 N–H and O–H groups in total. The largest absolute Gasteiger partial charge is 0.361 e. The molecule has 0 spiro atoms. The van der Waals surface area contributed by atoms with E-state index in [1.165, 1.54) is 6.07 Å². The summed E-state index contributed by atoms with van der Waals surface area (Å²) in [6, 6.07) is 2.26. The molecule has 1 heterocycles. The van der Waals surface area contributed by atoms with Crippen LogP contribution >= 0.6 is 0 Å². The van der Waals surface area contributed by atoms with Gasteiger partial charge in [0.1, 0.15) is 11.6 Å². The van der Waals surface area contributed by atoms with Crippen molar-refractivity contribution in [2.24, 2.45) is 0 Å². The lowest BCUT2D eigenvalue weighted by molar-refractivity contribution is 0.358. The highest BCUT2D eigenvalue weighted by atomic mass is 19.1. The van der Waals surface area contributed by atoms with Gasteiger partial charge in [0.25, 0.3) is 0 Å². The Balaban J connectivity index is 2.29. The van der Waals surface area contributed by atoms with E-state index in [-0.39, 0.29) is 0 Å². The standard InChI is InChI=1S/C13H16F2N2/c1-3-17(2)5-4-9-8-16-12-7-10(14)6-11(15)13(9)12/h6-8,16H,3-5H2,1-2H3. The molecule has 2 aromatic rings. The Kier molecular flexibility index (Phi) is 3.43. The first-order valence-electron chi connectivity index (χ1n) is 5.75. The van der Waals surface area contributed by atoms with Gasteiger partial charge in [-0.15, -0.1) is 0 Å². The zero-order chi connectivity index (χ0) is 12.4. The zero-order valence-electron chi connectivity index (χ0n) is 10.1. The molecule has 0 saturated carbocycles. The van der Waals surface area contributed by atoms with E-state index >= 15 is 0 Å². The third-order valence-corrected chi connectivity index (χ3v) is 3.08. The summed E-state index contributed by atoms with van der Waals surface area (Å²) >= 11 is 0. The molecule has 0 aliphatic heterocycles. The molecule has 0 amide bonds. The van der Waals surface area contributed by atoms with Gasteiger partial charge in [-0.25, -0.2) is 8.78 Å². The lowest BCUT2D eigenvalue weighted by atomic mass is 10.1. The summed E-state index contributed by atoms with van der Waals surface area (Å²) in [5.74, 6) is -1.04. The van der Waals surface area contributed by atoms with Crippen LogP contribution in [-0.4, -0.2) is 30.0 Å². The number of nitrogens with zero attached hydrogens (tertiary/aromatic N) is 1. The van der Waals surface area contributed by atoms with Crippen molar-refractivity contribution in [3.63, 3.8) is 0 Å². The lowest BCUT2D eigenvalue weighted by Crippen LogP contribution is -2.20. The molecule has 1 aromatic heterocycles. The van der Waals surface area contributed by atoms with Gasteiger partial charge in [0.2, 0.25) is 0 Å². The molecule has 1 aromatic carbocycles. The fourth-order valence-corrected chi connectivity index (χ4v) is 1.92. The Hall–Kier alpha value is -1.42. The Morgan fingerprint density at radius 3 is 2.76 bits per heavy atom. The van der Waals surface area contributed by atoms with E-state index in [1.54, 1.807) is 6.20 Å². The average molecular weight is 238 g/mol. The number of fused-ring (bicyclic) bond motifs is 1. The van der Waals surface area contributed by atoms with Gasteiger partial charge in [-0.2, -0.15) is 0 Å². The Morgan fingerprint density at radius 2 is 2.06 bits per heavy atom. The SMILES string of the molecule is CCN(C)CCc1c[nH]c2cc(F)cc(F)c12. The second-order valence-corrected chi connectivity index (χ2v) is 4.27. The molecule has 17 heavy (non-hydrogen) atoms. The topological polar surface area (TPSA) is 19.0 Å². The summed E-state index contributed by atoms with van der Waals surface area (Å²) in [4.78, 5) is 5.07. The third kappa shape index (κ3) is 2.47. The highest BCUT2D eigenvalue weighted by molar-refractivity contribution is 5.83. The predicted octanol–water partition coefficient (Wildman–Crippen LogP) is 2.94. The first kappa shape index (κ1) is 12.0. The van der Waals surface area contributed by atoms with Crippen LogP contribution < -0.4 is 0 Å². The molecular formula is C13H16F2N2. The fraction of sp³-hybridized carbons (Fsp3) is 0.385. The maximum atomic E-state index is 13.7. The minimum Gasteiger partial charge on any atom is -0.361 e. The highest BCUT2D eigenvalue weighted by Gasteiger charge is 2.11. The molecule has 2 nitrogen and oxygen atoms in total. The van der Waals surface area contributed by atoms with Crippen LogP contribution in [0.3, 0.4) is 0 Å². The zero-order valence-corrected chi connectivity index (χ0v) is 10.1. The van der Waals surface area contributed by atoms with Crippen LogP contribution in [0.25, 0.3) is 10.9 Å². The second-order valence-electron chi connectivity index (χ2n) is 4.27. The van der Waals surface area contributed by atoms with Gasteiger partial charge in [0.15, 0.2) is 0 Å². The van der Waals surface area contributed by atoms with Crippen molar-refractivity contribution in [1.29, 1.82) is 0 Å². The molecule has 0 saturated heterocycles. The van der Waals surface area contributed by atoms with Gasteiger partial charge in [-0.05, 0) is 31.6 Å². The number of H-pyrrole nitrogens is 1. The van der Waals surface area contributed by atoms with E-state index < -0.39 is 11.6 Å².